The van der Waals surface area contributed by atoms with Crippen LogP contribution in [0.15, 0.2) is 18.2 Å². The summed E-state index contributed by atoms with van der Waals surface area (Å²) in [5, 5.41) is 4.98. The van der Waals surface area contributed by atoms with Crippen LogP contribution in [0.2, 0.25) is 10.0 Å². The van der Waals surface area contributed by atoms with E-state index in [4.69, 9.17) is 23.2 Å². The van der Waals surface area contributed by atoms with Gasteiger partial charge in [-0.1, -0.05) is 23.2 Å². The summed E-state index contributed by atoms with van der Waals surface area (Å²) >= 11 is 12.3. The SMILES string of the molecule is Clc1ccc(N2CCC3CNCC3CC2)c(Cl)c1. The van der Waals surface area contributed by atoms with Gasteiger partial charge >= 0.3 is 0 Å². The zero-order valence-electron chi connectivity index (χ0n) is 10.3. The van der Waals surface area contributed by atoms with E-state index in [1.54, 1.807) is 0 Å². The van der Waals surface area contributed by atoms with Gasteiger partial charge in [0.2, 0.25) is 0 Å². The van der Waals surface area contributed by atoms with E-state index in [-0.39, 0.29) is 0 Å². The first-order chi connectivity index (χ1) is 8.74. The normalized spacial score (nSPS) is 28.0. The molecule has 0 saturated carbocycles. The van der Waals surface area contributed by atoms with Crippen LogP contribution in [0.3, 0.4) is 0 Å². The molecule has 0 bridgehead atoms. The topological polar surface area (TPSA) is 15.3 Å². The van der Waals surface area contributed by atoms with Crippen molar-refractivity contribution in [3.8, 4) is 0 Å². The van der Waals surface area contributed by atoms with Gasteiger partial charge in [0.1, 0.15) is 0 Å². The first-order valence-electron chi connectivity index (χ1n) is 6.65. The Morgan fingerprint density at radius 2 is 1.72 bits per heavy atom. The molecule has 0 aliphatic carbocycles. The second-order valence-electron chi connectivity index (χ2n) is 5.34. The zero-order valence-corrected chi connectivity index (χ0v) is 11.8. The molecule has 0 spiro atoms. The minimum absolute atomic E-state index is 0.708. The van der Waals surface area contributed by atoms with Crippen molar-refractivity contribution in [1.29, 1.82) is 0 Å². The number of anilines is 1. The number of fused-ring (bicyclic) bond motifs is 1. The van der Waals surface area contributed by atoms with E-state index in [1.165, 1.54) is 25.9 Å². The molecular formula is C14H18Cl2N2. The second kappa shape index (κ2) is 5.28. The van der Waals surface area contributed by atoms with Gasteiger partial charge in [-0.25, -0.2) is 0 Å². The fourth-order valence-electron chi connectivity index (χ4n) is 3.20. The Bertz CT molecular complexity index is 422. The maximum Gasteiger partial charge on any atom is 0.0654 e. The summed E-state index contributed by atoms with van der Waals surface area (Å²) in [5.41, 5.74) is 1.13. The molecule has 2 aliphatic heterocycles. The third kappa shape index (κ3) is 2.47. The molecule has 3 rings (SSSR count). The Hall–Kier alpha value is -0.440. The van der Waals surface area contributed by atoms with Gasteiger partial charge in [-0.05, 0) is 56.0 Å². The first kappa shape index (κ1) is 12.6. The van der Waals surface area contributed by atoms with Gasteiger partial charge in [0, 0.05) is 18.1 Å². The van der Waals surface area contributed by atoms with E-state index in [1.807, 2.05) is 18.2 Å². The molecule has 0 aromatic heterocycles. The molecular weight excluding hydrogens is 267 g/mol. The van der Waals surface area contributed by atoms with E-state index in [9.17, 15) is 0 Å². The Morgan fingerprint density at radius 1 is 1.06 bits per heavy atom. The van der Waals surface area contributed by atoms with E-state index in [0.29, 0.717) is 5.02 Å². The molecule has 2 heterocycles. The molecule has 2 atom stereocenters. The summed E-state index contributed by atoms with van der Waals surface area (Å²) in [6.07, 6.45) is 2.52. The predicted molar refractivity (Wildman–Crippen MR) is 77.8 cm³/mol. The van der Waals surface area contributed by atoms with Gasteiger partial charge in [-0.2, -0.15) is 0 Å². The Labute approximate surface area is 118 Å². The highest BCUT2D eigenvalue weighted by molar-refractivity contribution is 6.36. The number of hydrogen-bond donors (Lipinski definition) is 1. The van der Waals surface area contributed by atoms with Gasteiger partial charge in [0.15, 0.2) is 0 Å². The Balaban J connectivity index is 1.76. The van der Waals surface area contributed by atoms with E-state index < -0.39 is 0 Å². The van der Waals surface area contributed by atoms with Crippen LogP contribution in [0.5, 0.6) is 0 Å². The van der Waals surface area contributed by atoms with Crippen LogP contribution in [0.4, 0.5) is 5.69 Å². The maximum atomic E-state index is 6.30. The molecule has 2 saturated heterocycles. The molecule has 2 unspecified atom stereocenters. The fraction of sp³-hybridized carbons (Fsp3) is 0.571. The van der Waals surface area contributed by atoms with Crippen molar-refractivity contribution in [3.63, 3.8) is 0 Å². The lowest BCUT2D eigenvalue weighted by Crippen LogP contribution is -2.25. The zero-order chi connectivity index (χ0) is 12.5. The third-order valence-corrected chi connectivity index (χ3v) is 4.81. The minimum atomic E-state index is 0.708. The van der Waals surface area contributed by atoms with Crippen LogP contribution in [0.1, 0.15) is 12.8 Å². The number of nitrogens with zero attached hydrogens (tertiary/aromatic N) is 1. The van der Waals surface area contributed by atoms with E-state index >= 15 is 0 Å². The van der Waals surface area contributed by atoms with Crippen LogP contribution in [0.25, 0.3) is 0 Å². The van der Waals surface area contributed by atoms with Crippen molar-refractivity contribution in [1.82, 2.24) is 5.32 Å². The quantitative estimate of drug-likeness (QED) is 0.850. The third-order valence-electron chi connectivity index (χ3n) is 4.27. The molecule has 2 nitrogen and oxygen atoms in total. The Kier molecular flexibility index (Phi) is 3.69. The molecule has 1 aromatic rings. The highest BCUT2D eigenvalue weighted by atomic mass is 35.5. The van der Waals surface area contributed by atoms with Crippen molar-refractivity contribution < 1.29 is 0 Å². The molecule has 98 valence electrons. The molecule has 0 amide bonds. The van der Waals surface area contributed by atoms with Crippen LogP contribution >= 0.6 is 23.2 Å². The highest BCUT2D eigenvalue weighted by Gasteiger charge is 2.30. The second-order valence-corrected chi connectivity index (χ2v) is 6.18. The number of nitrogens with one attached hydrogen (secondary N) is 1. The molecule has 18 heavy (non-hydrogen) atoms. The number of hydrogen-bond acceptors (Lipinski definition) is 2. The summed E-state index contributed by atoms with van der Waals surface area (Å²) in [6, 6.07) is 5.81. The van der Waals surface area contributed by atoms with E-state index in [2.05, 4.69) is 10.2 Å². The van der Waals surface area contributed by atoms with Crippen LogP contribution < -0.4 is 10.2 Å². The number of halogens is 2. The van der Waals surface area contributed by atoms with Crippen LogP contribution in [-0.2, 0) is 0 Å². The average Bonchev–Trinajstić information content (AvgIpc) is 2.70. The van der Waals surface area contributed by atoms with Crippen molar-refractivity contribution in [2.75, 3.05) is 31.1 Å². The Morgan fingerprint density at radius 3 is 2.33 bits per heavy atom. The molecule has 1 aromatic carbocycles. The van der Waals surface area contributed by atoms with E-state index in [0.717, 1.165) is 35.6 Å². The molecule has 2 aliphatic rings. The summed E-state index contributed by atoms with van der Waals surface area (Å²) in [5.74, 6) is 1.70. The summed E-state index contributed by atoms with van der Waals surface area (Å²) in [4.78, 5) is 2.41. The minimum Gasteiger partial charge on any atom is -0.370 e. The molecule has 4 heteroatoms. The maximum absolute atomic E-state index is 6.30. The molecule has 2 fully saturated rings. The highest BCUT2D eigenvalue weighted by Crippen LogP contribution is 2.33. The predicted octanol–water partition coefficient (Wildman–Crippen LogP) is 3.43. The van der Waals surface area contributed by atoms with Crippen LogP contribution in [0, 0.1) is 11.8 Å². The lowest BCUT2D eigenvalue weighted by Gasteiger charge is -2.24. The summed E-state index contributed by atoms with van der Waals surface area (Å²) in [6.45, 7) is 4.58. The average molecular weight is 285 g/mol. The number of rotatable bonds is 1. The standard InChI is InChI=1S/C14H18Cl2N2/c15-12-1-2-14(13(16)7-12)18-5-3-10-8-17-9-11(10)4-6-18/h1-2,7,10-11,17H,3-6,8-9H2. The summed E-state index contributed by atoms with van der Waals surface area (Å²) < 4.78 is 0. The van der Waals surface area contributed by atoms with Gasteiger partial charge in [-0.3, -0.25) is 0 Å². The van der Waals surface area contributed by atoms with Gasteiger partial charge in [0.25, 0.3) is 0 Å². The van der Waals surface area contributed by atoms with Crippen molar-refractivity contribution in [2.45, 2.75) is 12.8 Å². The number of benzene rings is 1. The smallest absolute Gasteiger partial charge is 0.0654 e. The van der Waals surface area contributed by atoms with Crippen molar-refractivity contribution in [3.05, 3.63) is 28.2 Å². The van der Waals surface area contributed by atoms with Gasteiger partial charge < -0.3 is 10.2 Å². The molecule has 0 radical (unpaired) electrons. The largest absolute Gasteiger partial charge is 0.370 e. The van der Waals surface area contributed by atoms with Crippen LogP contribution in [-0.4, -0.2) is 26.2 Å². The van der Waals surface area contributed by atoms with Gasteiger partial charge in [0.05, 0.1) is 10.7 Å². The summed E-state index contributed by atoms with van der Waals surface area (Å²) in [7, 11) is 0. The molecule has 1 N–H and O–H groups in total. The van der Waals surface area contributed by atoms with Gasteiger partial charge in [-0.15, -0.1) is 0 Å². The van der Waals surface area contributed by atoms with Crippen molar-refractivity contribution in [2.24, 2.45) is 11.8 Å². The fourth-order valence-corrected chi connectivity index (χ4v) is 3.72. The monoisotopic (exact) mass is 284 g/mol. The first-order valence-corrected chi connectivity index (χ1v) is 7.40. The van der Waals surface area contributed by atoms with Crippen molar-refractivity contribution >= 4 is 28.9 Å². The lowest BCUT2D eigenvalue weighted by atomic mass is 9.92. The lowest BCUT2D eigenvalue weighted by molar-refractivity contribution is 0.409.